The molecule has 0 bridgehead atoms. The van der Waals surface area contributed by atoms with E-state index < -0.39 is 0 Å². The van der Waals surface area contributed by atoms with Crippen LogP contribution in [0.4, 0.5) is 11.8 Å². The Kier molecular flexibility index (Phi) is 7.96. The predicted molar refractivity (Wildman–Crippen MR) is 94.1 cm³/mol. The minimum atomic E-state index is 0.584. The first kappa shape index (κ1) is 18.2. The van der Waals surface area contributed by atoms with E-state index in [4.69, 9.17) is 0 Å². The number of nitrogens with one attached hydrogen (secondary N) is 1. The minimum absolute atomic E-state index is 0.584. The Labute approximate surface area is 137 Å². The normalized spacial score (nSPS) is 11.2. The summed E-state index contributed by atoms with van der Waals surface area (Å²) in [5, 5.41) is 3.25. The van der Waals surface area contributed by atoms with Gasteiger partial charge in [-0.1, -0.05) is 20.8 Å². The van der Waals surface area contributed by atoms with Crippen LogP contribution in [0, 0.1) is 5.92 Å². The molecular weight excluding hydrogens is 330 g/mol. The molecule has 5 nitrogen and oxygen atoms in total. The summed E-state index contributed by atoms with van der Waals surface area (Å²) in [6, 6.07) is 0. The Morgan fingerprint density at radius 1 is 1.29 bits per heavy atom. The highest BCUT2D eigenvalue weighted by Gasteiger charge is 2.15. The Hall–Kier alpha value is -0.880. The van der Waals surface area contributed by atoms with Gasteiger partial charge in [-0.3, -0.25) is 0 Å². The second-order valence-corrected chi connectivity index (χ2v) is 6.79. The SMILES string of the molecule is CCCNc1ncc(Br)c(N(CCN(C)C)CC(C)C)n1. The van der Waals surface area contributed by atoms with Crippen molar-refractivity contribution in [2.45, 2.75) is 27.2 Å². The van der Waals surface area contributed by atoms with E-state index in [1.54, 1.807) is 0 Å². The molecule has 0 aromatic carbocycles. The van der Waals surface area contributed by atoms with Gasteiger partial charge in [0.2, 0.25) is 5.95 Å². The van der Waals surface area contributed by atoms with Crippen LogP contribution in [-0.2, 0) is 0 Å². The Morgan fingerprint density at radius 2 is 2.00 bits per heavy atom. The van der Waals surface area contributed by atoms with Crippen LogP contribution in [0.15, 0.2) is 10.7 Å². The quantitative estimate of drug-likeness (QED) is 0.735. The van der Waals surface area contributed by atoms with E-state index in [0.717, 1.165) is 42.9 Å². The lowest BCUT2D eigenvalue weighted by atomic mass is 10.2. The smallest absolute Gasteiger partial charge is 0.224 e. The number of aromatic nitrogens is 2. The van der Waals surface area contributed by atoms with Crippen molar-refractivity contribution in [1.29, 1.82) is 0 Å². The lowest BCUT2D eigenvalue weighted by Gasteiger charge is -2.28. The third-order valence-electron chi connectivity index (χ3n) is 2.96. The molecular formula is C15H28BrN5. The van der Waals surface area contributed by atoms with Gasteiger partial charge in [0, 0.05) is 32.4 Å². The molecule has 0 radical (unpaired) electrons. The topological polar surface area (TPSA) is 44.3 Å². The molecule has 0 saturated heterocycles. The van der Waals surface area contributed by atoms with Crippen molar-refractivity contribution in [2.24, 2.45) is 5.92 Å². The van der Waals surface area contributed by atoms with Crippen LogP contribution < -0.4 is 10.2 Å². The van der Waals surface area contributed by atoms with Crippen molar-refractivity contribution >= 4 is 27.7 Å². The number of hydrogen-bond acceptors (Lipinski definition) is 5. The van der Waals surface area contributed by atoms with Crippen LogP contribution in [0.1, 0.15) is 27.2 Å². The van der Waals surface area contributed by atoms with Gasteiger partial charge >= 0.3 is 0 Å². The fraction of sp³-hybridized carbons (Fsp3) is 0.733. The highest BCUT2D eigenvalue weighted by Crippen LogP contribution is 2.25. The maximum atomic E-state index is 4.68. The molecule has 0 unspecified atom stereocenters. The van der Waals surface area contributed by atoms with Gasteiger partial charge in [-0.2, -0.15) is 4.98 Å². The molecule has 21 heavy (non-hydrogen) atoms. The van der Waals surface area contributed by atoms with Crippen molar-refractivity contribution in [3.8, 4) is 0 Å². The molecule has 120 valence electrons. The molecule has 1 N–H and O–H groups in total. The first-order chi connectivity index (χ1) is 9.93. The Balaban J connectivity index is 2.92. The standard InChI is InChI=1S/C15H28BrN5/c1-6-7-17-15-18-10-13(16)14(19-15)21(11-12(2)3)9-8-20(4)5/h10,12H,6-9,11H2,1-5H3,(H,17,18,19). The molecule has 1 aromatic heterocycles. The first-order valence-electron chi connectivity index (χ1n) is 7.60. The maximum Gasteiger partial charge on any atom is 0.224 e. The first-order valence-corrected chi connectivity index (χ1v) is 8.39. The average molecular weight is 358 g/mol. The largest absolute Gasteiger partial charge is 0.354 e. The summed E-state index contributed by atoms with van der Waals surface area (Å²) in [5.41, 5.74) is 0. The van der Waals surface area contributed by atoms with Crippen molar-refractivity contribution in [1.82, 2.24) is 14.9 Å². The van der Waals surface area contributed by atoms with E-state index in [0.29, 0.717) is 11.9 Å². The molecule has 0 fully saturated rings. The zero-order chi connectivity index (χ0) is 15.8. The van der Waals surface area contributed by atoms with Gasteiger partial charge in [0.1, 0.15) is 5.82 Å². The van der Waals surface area contributed by atoms with E-state index >= 15 is 0 Å². The van der Waals surface area contributed by atoms with Gasteiger partial charge in [0.05, 0.1) is 4.47 Å². The van der Waals surface area contributed by atoms with Crippen molar-refractivity contribution in [3.05, 3.63) is 10.7 Å². The number of nitrogens with zero attached hydrogens (tertiary/aromatic N) is 4. The summed E-state index contributed by atoms with van der Waals surface area (Å²) in [4.78, 5) is 13.5. The minimum Gasteiger partial charge on any atom is -0.354 e. The monoisotopic (exact) mass is 357 g/mol. The van der Waals surface area contributed by atoms with Crippen molar-refractivity contribution < 1.29 is 0 Å². The molecule has 1 rings (SSSR count). The van der Waals surface area contributed by atoms with Crippen LogP contribution in [0.25, 0.3) is 0 Å². The van der Waals surface area contributed by atoms with E-state index in [9.17, 15) is 0 Å². The maximum absolute atomic E-state index is 4.68. The third-order valence-corrected chi connectivity index (χ3v) is 3.52. The number of likely N-dealkylation sites (N-methyl/N-ethyl adjacent to an activating group) is 1. The van der Waals surface area contributed by atoms with E-state index in [1.165, 1.54) is 0 Å². The zero-order valence-corrected chi connectivity index (χ0v) is 15.4. The van der Waals surface area contributed by atoms with Crippen molar-refractivity contribution in [3.63, 3.8) is 0 Å². The fourth-order valence-corrected chi connectivity index (χ4v) is 2.39. The van der Waals surface area contributed by atoms with Crippen LogP contribution in [0.3, 0.4) is 0 Å². The molecule has 0 spiro atoms. The van der Waals surface area contributed by atoms with Gasteiger partial charge in [-0.05, 0) is 42.4 Å². The van der Waals surface area contributed by atoms with Crippen LogP contribution in [0.2, 0.25) is 0 Å². The Morgan fingerprint density at radius 3 is 2.57 bits per heavy atom. The number of halogens is 1. The lowest BCUT2D eigenvalue weighted by Crippen LogP contribution is -2.35. The Bertz CT molecular complexity index is 423. The summed E-state index contributed by atoms with van der Waals surface area (Å²) in [5.74, 6) is 2.26. The number of rotatable bonds is 9. The summed E-state index contributed by atoms with van der Waals surface area (Å²) in [6.45, 7) is 10.4. The van der Waals surface area contributed by atoms with Crippen LogP contribution >= 0.6 is 15.9 Å². The molecule has 0 atom stereocenters. The predicted octanol–water partition coefficient (Wildman–Crippen LogP) is 3.09. The van der Waals surface area contributed by atoms with Crippen molar-refractivity contribution in [2.75, 3.05) is 50.5 Å². The van der Waals surface area contributed by atoms with Crippen LogP contribution in [-0.4, -0.2) is 55.1 Å². The molecule has 6 heteroatoms. The molecule has 0 saturated carbocycles. The van der Waals surface area contributed by atoms with Gasteiger partial charge < -0.3 is 15.1 Å². The van der Waals surface area contributed by atoms with Gasteiger partial charge in [-0.15, -0.1) is 0 Å². The van der Waals surface area contributed by atoms with E-state index in [-0.39, 0.29) is 0 Å². The molecule has 0 aliphatic heterocycles. The number of hydrogen-bond donors (Lipinski definition) is 1. The van der Waals surface area contributed by atoms with Gasteiger partial charge in [-0.25, -0.2) is 4.98 Å². The second-order valence-electron chi connectivity index (χ2n) is 5.94. The summed E-state index contributed by atoms with van der Waals surface area (Å²) in [6.07, 6.45) is 2.90. The summed E-state index contributed by atoms with van der Waals surface area (Å²) in [7, 11) is 4.19. The van der Waals surface area contributed by atoms with Crippen LogP contribution in [0.5, 0.6) is 0 Å². The van der Waals surface area contributed by atoms with E-state index in [2.05, 4.69) is 75.9 Å². The summed E-state index contributed by atoms with van der Waals surface area (Å²) < 4.78 is 0.948. The molecule has 0 amide bonds. The van der Waals surface area contributed by atoms with Gasteiger partial charge in [0.15, 0.2) is 0 Å². The summed E-state index contributed by atoms with van der Waals surface area (Å²) >= 11 is 3.59. The molecule has 0 aliphatic carbocycles. The highest BCUT2D eigenvalue weighted by molar-refractivity contribution is 9.10. The fourth-order valence-electron chi connectivity index (χ4n) is 1.95. The van der Waals surface area contributed by atoms with Gasteiger partial charge in [0.25, 0.3) is 0 Å². The highest BCUT2D eigenvalue weighted by atomic mass is 79.9. The second kappa shape index (κ2) is 9.20. The molecule has 1 heterocycles. The third kappa shape index (κ3) is 6.61. The molecule has 1 aromatic rings. The average Bonchev–Trinajstić information content (AvgIpc) is 2.42. The zero-order valence-electron chi connectivity index (χ0n) is 13.9. The lowest BCUT2D eigenvalue weighted by molar-refractivity contribution is 0.408. The molecule has 0 aliphatic rings. The van der Waals surface area contributed by atoms with E-state index in [1.807, 2.05) is 6.20 Å². The number of anilines is 2.